The van der Waals surface area contributed by atoms with E-state index < -0.39 is 0 Å². The quantitative estimate of drug-likeness (QED) is 0.130. The highest BCUT2D eigenvalue weighted by Crippen LogP contribution is 2.58. The van der Waals surface area contributed by atoms with Gasteiger partial charge in [0.2, 0.25) is 0 Å². The third kappa shape index (κ3) is 12.0. The van der Waals surface area contributed by atoms with Crippen LogP contribution < -0.4 is 14.7 Å². The largest absolute Gasteiger partial charge is 0.310 e. The highest BCUT2D eigenvalue weighted by Gasteiger charge is 2.45. The van der Waals surface area contributed by atoms with Crippen molar-refractivity contribution in [3.63, 3.8) is 0 Å². The van der Waals surface area contributed by atoms with Gasteiger partial charge in [-0.1, -0.05) is 281 Å². The summed E-state index contributed by atoms with van der Waals surface area (Å²) in [6.45, 7) is 4.71. The summed E-state index contributed by atoms with van der Waals surface area (Å²) in [5, 5.41) is 5.03. The van der Waals surface area contributed by atoms with Gasteiger partial charge in [0.05, 0.1) is 39.2 Å². The SMILES string of the molecule is C1=CC2=CC3=C4C(=CC=C5C=CC(N(c6ccccc6)c6ccc(-n7c8ccccc8c8ccccc87)cc6)=C(C=C3)C54)C2N=C1.C1=CC2=CC3=C4C(=CC=C5C=CC(N(c6ccccc6)c6ccc7c(c6)c6ccccc6n7-c6ccccc6)=C(C=C3)C54)C2N=C1.CC1(C)c2ccccc2-c2ccc(N(C3=C4C=CC5=C6C(=CC=C(C=C3)C46)C3N=CC=CC3=C5)c3ccccc3)cc21. The lowest BCUT2D eigenvalue weighted by Crippen LogP contribution is -2.31. The van der Waals surface area contributed by atoms with Crippen LogP contribution in [0.2, 0.25) is 0 Å². The zero-order valence-corrected chi connectivity index (χ0v) is 73.9. The Morgan fingerprint density at radius 1 is 0.261 bits per heavy atom. The van der Waals surface area contributed by atoms with E-state index in [1.165, 1.54) is 195 Å². The molecule has 0 fully saturated rings. The first kappa shape index (κ1) is 77.2. The molecule has 0 spiro atoms. The molecule has 0 radical (unpaired) electrons. The molecule has 13 aromatic rings. The monoisotopic (exact) mass is 1710 g/mol. The normalized spacial score (nSPS) is 21.3. The molecule has 11 aromatic carbocycles. The van der Waals surface area contributed by atoms with Crippen LogP contribution in [0.3, 0.4) is 0 Å². The summed E-state index contributed by atoms with van der Waals surface area (Å²) in [6, 6.07) is 101. The molecule has 0 saturated heterocycles. The molecule has 2 aromatic heterocycles. The Kier molecular flexibility index (Phi) is 17.7. The number of dihydropyridines is 3. The molecule has 16 aliphatic rings. The Morgan fingerprint density at radius 3 is 1.05 bits per heavy atom. The Labute approximate surface area is 779 Å². The first-order valence-electron chi connectivity index (χ1n) is 46.8. The molecule has 5 heterocycles. The van der Waals surface area contributed by atoms with E-state index in [0.717, 1.165) is 34.1 Å². The molecule has 3 aliphatic heterocycles. The van der Waals surface area contributed by atoms with Gasteiger partial charge in [0.25, 0.3) is 0 Å². The molecule has 6 atom stereocenters. The first-order chi connectivity index (χ1) is 66.3. The molecule has 0 amide bonds. The van der Waals surface area contributed by atoms with Crippen molar-refractivity contribution in [2.75, 3.05) is 14.7 Å². The smallest absolute Gasteiger partial charge is 0.100 e. The zero-order valence-electron chi connectivity index (χ0n) is 73.9. The molecule has 632 valence electrons. The van der Waals surface area contributed by atoms with Gasteiger partial charge >= 0.3 is 0 Å². The summed E-state index contributed by atoms with van der Waals surface area (Å²) in [6.07, 6.45) is 67.3. The maximum atomic E-state index is 4.90. The molecular formula is C126H88N8. The maximum absolute atomic E-state index is 4.90. The molecule has 8 nitrogen and oxygen atoms in total. The lowest BCUT2D eigenvalue weighted by atomic mass is 9.66. The van der Waals surface area contributed by atoms with E-state index in [2.05, 4.69) is 463 Å². The first-order valence-corrected chi connectivity index (χ1v) is 46.8. The molecule has 0 saturated carbocycles. The summed E-state index contributed by atoms with van der Waals surface area (Å²) < 4.78 is 4.75. The van der Waals surface area contributed by atoms with Crippen molar-refractivity contribution in [1.82, 2.24) is 9.13 Å². The summed E-state index contributed by atoms with van der Waals surface area (Å²) in [5.74, 6) is 0.557. The van der Waals surface area contributed by atoms with Crippen LogP contribution in [-0.2, 0) is 5.41 Å². The number of benzene rings is 11. The van der Waals surface area contributed by atoms with E-state index in [1.807, 2.05) is 36.9 Å². The minimum absolute atomic E-state index is 0.0605. The average Bonchev–Trinajstić information content (AvgIpc) is 1.08. The lowest BCUT2D eigenvalue weighted by molar-refractivity contribution is 0.660. The number of hydrogen-bond donors (Lipinski definition) is 0. The van der Waals surface area contributed by atoms with Gasteiger partial charge in [0, 0.05) is 109 Å². The summed E-state index contributed by atoms with van der Waals surface area (Å²) in [7, 11) is 0. The van der Waals surface area contributed by atoms with Crippen molar-refractivity contribution in [3.8, 4) is 22.5 Å². The number of rotatable bonds is 11. The number of anilines is 6. The van der Waals surface area contributed by atoms with Crippen LogP contribution in [0.15, 0.2) is 575 Å². The van der Waals surface area contributed by atoms with Crippen LogP contribution in [0, 0.1) is 17.8 Å². The van der Waals surface area contributed by atoms with E-state index >= 15 is 0 Å². The van der Waals surface area contributed by atoms with Gasteiger partial charge in [-0.15, -0.1) is 0 Å². The van der Waals surface area contributed by atoms with Crippen LogP contribution in [0.4, 0.5) is 34.1 Å². The van der Waals surface area contributed by atoms with Crippen molar-refractivity contribution in [2.45, 2.75) is 37.4 Å². The zero-order chi connectivity index (χ0) is 88.4. The van der Waals surface area contributed by atoms with Crippen LogP contribution >= 0.6 is 0 Å². The number of aromatic nitrogens is 2. The van der Waals surface area contributed by atoms with E-state index in [4.69, 9.17) is 15.0 Å². The minimum atomic E-state index is -0.0605. The van der Waals surface area contributed by atoms with Gasteiger partial charge in [0.1, 0.15) is 18.1 Å². The number of hydrogen-bond acceptors (Lipinski definition) is 6. The second-order valence-electron chi connectivity index (χ2n) is 37.1. The van der Waals surface area contributed by atoms with E-state index in [0.29, 0.717) is 0 Å². The molecule has 134 heavy (non-hydrogen) atoms. The lowest BCUT2D eigenvalue weighted by Gasteiger charge is -2.41. The van der Waals surface area contributed by atoms with Crippen molar-refractivity contribution in [3.05, 3.63) is 572 Å². The van der Waals surface area contributed by atoms with Gasteiger partial charge in [-0.3, -0.25) is 15.0 Å². The van der Waals surface area contributed by atoms with Crippen LogP contribution in [0.5, 0.6) is 0 Å². The predicted octanol–water partition coefficient (Wildman–Crippen LogP) is 29.3. The van der Waals surface area contributed by atoms with Crippen molar-refractivity contribution in [1.29, 1.82) is 0 Å². The topological polar surface area (TPSA) is 56.7 Å². The van der Waals surface area contributed by atoms with E-state index in [1.54, 1.807) is 0 Å². The molecule has 6 unspecified atom stereocenters. The predicted molar refractivity (Wildman–Crippen MR) is 556 cm³/mol. The Bertz CT molecular complexity index is 8290. The average molecular weight is 1710 g/mol. The number of fused-ring (bicyclic) bond motifs is 15. The fourth-order valence-electron chi connectivity index (χ4n) is 23.7. The second-order valence-corrected chi connectivity index (χ2v) is 37.1. The molecular weight excluding hydrogens is 1630 g/mol. The summed E-state index contributed by atoms with van der Waals surface area (Å²) >= 11 is 0. The number of allylic oxidation sites excluding steroid dienone is 33. The van der Waals surface area contributed by atoms with E-state index in [-0.39, 0.29) is 41.3 Å². The van der Waals surface area contributed by atoms with Crippen LogP contribution in [0.25, 0.3) is 66.1 Å². The number of aliphatic imine (C=N–C) groups is 3. The molecule has 13 aliphatic carbocycles. The molecule has 0 N–H and O–H groups in total. The Morgan fingerprint density at radius 2 is 0.604 bits per heavy atom. The minimum Gasteiger partial charge on any atom is -0.310 e. The van der Waals surface area contributed by atoms with Crippen molar-refractivity contribution in [2.24, 2.45) is 32.7 Å². The van der Waals surface area contributed by atoms with E-state index in [9.17, 15) is 0 Å². The third-order valence-corrected chi connectivity index (χ3v) is 29.6. The van der Waals surface area contributed by atoms with Crippen molar-refractivity contribution < 1.29 is 0 Å². The molecule has 29 rings (SSSR count). The Hall–Kier alpha value is -16.8. The van der Waals surface area contributed by atoms with Gasteiger partial charge in [-0.25, -0.2) is 0 Å². The second kappa shape index (κ2) is 30.7. The number of para-hydroxylation sites is 7. The third-order valence-electron chi connectivity index (χ3n) is 29.6. The number of nitrogens with zero attached hydrogens (tertiary/aromatic N) is 8. The van der Waals surface area contributed by atoms with Gasteiger partial charge < -0.3 is 23.8 Å². The fraction of sp³-hybridized carbons (Fsp3) is 0.0714. The summed E-state index contributed by atoms with van der Waals surface area (Å²) in [5.41, 5.74) is 47.0. The summed E-state index contributed by atoms with van der Waals surface area (Å²) in [4.78, 5) is 22.0. The van der Waals surface area contributed by atoms with Crippen LogP contribution in [-0.4, -0.2) is 45.9 Å². The standard InChI is InChI=1S/2C43H29N3.C40H30N2/c1-3-11-31(12-4-1)45(33-20-24-40-37(27-33)34-15-7-8-16-38(34)46(40)32-13-5-2-6-14-32)39-23-19-28-17-22-36-42-29(18-21-35(39)41(28)42)26-30-10-9-25-44-43(30)36;1-2-10-31(11-3-1)45(32-19-21-33(22-20-32)46-38-14-6-4-12-34(38)35-13-5-7-15-39(35)46)40-25-18-28-16-24-37-42-29(17-23-36(40)41(28)42)27-30-9-8-26-44-43(30)37;1-40(2)34-13-7-6-12-30(34)31-20-17-29(24-35(31)40)42(28-10-4-3-5-11-28)36-21-16-25-14-19-33-38-26(15-18-32(36)37(25)38)23-27-9-8-22-41-39(27)33/h2*1-27,41,43H;3-24,37,39H,1-2H3. The van der Waals surface area contributed by atoms with Gasteiger partial charge in [-0.05, 0) is 299 Å². The highest BCUT2D eigenvalue weighted by atomic mass is 15.2. The van der Waals surface area contributed by atoms with Crippen LogP contribution in [0.1, 0.15) is 25.0 Å². The molecule has 0 bridgehead atoms. The van der Waals surface area contributed by atoms with Gasteiger partial charge in [-0.2, -0.15) is 0 Å². The molecule has 8 heteroatoms. The van der Waals surface area contributed by atoms with Gasteiger partial charge in [0.15, 0.2) is 0 Å². The fourth-order valence-corrected chi connectivity index (χ4v) is 23.7. The highest BCUT2D eigenvalue weighted by molar-refractivity contribution is 6.12. The Balaban J connectivity index is 0.000000102. The van der Waals surface area contributed by atoms with Crippen molar-refractivity contribution >= 4 is 96.4 Å². The maximum Gasteiger partial charge on any atom is 0.100 e.